The van der Waals surface area contributed by atoms with E-state index in [-0.39, 0.29) is 18.0 Å². The molecule has 1 N–H and O–H groups in total. The minimum absolute atomic E-state index is 0.0260. The third kappa shape index (κ3) is 3.48. The number of carbonyl (C=O) groups is 3. The summed E-state index contributed by atoms with van der Waals surface area (Å²) >= 11 is 0. The zero-order valence-corrected chi connectivity index (χ0v) is 16.6. The molecule has 3 atom stereocenters. The number of aryl methyl sites for hydroxylation is 1. The van der Waals surface area contributed by atoms with E-state index in [1.807, 2.05) is 0 Å². The van der Waals surface area contributed by atoms with Crippen LogP contribution >= 0.6 is 0 Å². The van der Waals surface area contributed by atoms with E-state index in [9.17, 15) is 14.4 Å². The molecule has 4 rings (SSSR count). The highest BCUT2D eigenvalue weighted by atomic mass is 16.5. The highest BCUT2D eigenvalue weighted by Gasteiger charge is 2.53. The van der Waals surface area contributed by atoms with Gasteiger partial charge in [-0.25, -0.2) is 0 Å². The zero-order chi connectivity index (χ0) is 19.9. The van der Waals surface area contributed by atoms with Crippen LogP contribution in [0.3, 0.4) is 0 Å². The van der Waals surface area contributed by atoms with Crippen LogP contribution in [0.1, 0.15) is 55.4 Å². The maximum atomic E-state index is 13.0. The maximum absolute atomic E-state index is 13.0. The minimum atomic E-state index is -0.487. The average molecular weight is 387 g/mol. The van der Waals surface area contributed by atoms with E-state index in [2.05, 4.69) is 5.32 Å². The summed E-state index contributed by atoms with van der Waals surface area (Å²) in [4.78, 5) is 39.7. The van der Waals surface area contributed by atoms with Crippen molar-refractivity contribution in [3.8, 4) is 0 Å². The molecule has 2 amide bonds. The fourth-order valence-corrected chi connectivity index (χ4v) is 4.88. The third-order valence-corrected chi connectivity index (χ3v) is 6.76. The number of ketones is 1. The Morgan fingerprint density at radius 2 is 2.04 bits per heavy atom. The number of carbonyl (C=O) groups excluding carboxylic acids is 3. The predicted molar refractivity (Wildman–Crippen MR) is 103 cm³/mol. The molecular weight excluding hydrogens is 358 g/mol. The first kappa shape index (κ1) is 19.2. The van der Waals surface area contributed by atoms with Gasteiger partial charge in [0.05, 0.1) is 17.3 Å². The van der Waals surface area contributed by atoms with Crippen molar-refractivity contribution in [2.75, 3.05) is 13.7 Å². The second-order valence-corrected chi connectivity index (χ2v) is 8.55. The van der Waals surface area contributed by atoms with E-state index < -0.39 is 17.3 Å². The molecular formula is C21H29N3O4. The number of ether oxygens (including phenoxy) is 1. The van der Waals surface area contributed by atoms with Gasteiger partial charge in [-0.1, -0.05) is 0 Å². The predicted octanol–water partition coefficient (Wildman–Crippen LogP) is 1.66. The molecule has 0 radical (unpaired) electrons. The van der Waals surface area contributed by atoms with Crippen LogP contribution in [0, 0.1) is 5.92 Å². The monoisotopic (exact) mass is 387 g/mol. The molecule has 2 aliphatic carbocycles. The molecule has 7 nitrogen and oxygen atoms in total. The Morgan fingerprint density at radius 3 is 2.68 bits per heavy atom. The van der Waals surface area contributed by atoms with Gasteiger partial charge in [0.1, 0.15) is 0 Å². The van der Waals surface area contributed by atoms with Gasteiger partial charge in [0.25, 0.3) is 11.7 Å². The lowest BCUT2D eigenvalue weighted by Gasteiger charge is -2.43. The number of rotatable bonds is 6. The Labute approximate surface area is 165 Å². The number of methoxy groups -OCH3 is 1. The highest BCUT2D eigenvalue weighted by Crippen LogP contribution is 2.43. The molecule has 152 valence electrons. The summed E-state index contributed by atoms with van der Waals surface area (Å²) in [6.45, 7) is 0.510. The lowest BCUT2D eigenvalue weighted by atomic mass is 9.78. The van der Waals surface area contributed by atoms with Crippen LogP contribution in [-0.2, 0) is 21.4 Å². The number of aromatic nitrogens is 1. The number of hydrogen-bond acceptors (Lipinski definition) is 4. The number of hydrogen-bond donors (Lipinski definition) is 1. The van der Waals surface area contributed by atoms with E-state index in [1.54, 1.807) is 42.0 Å². The topological polar surface area (TPSA) is 80.6 Å². The Bertz CT molecular complexity index is 784. The smallest absolute Gasteiger partial charge is 0.296 e. The maximum Gasteiger partial charge on any atom is 0.296 e. The molecule has 1 aromatic rings. The number of nitrogens with one attached hydrogen (secondary N) is 1. The third-order valence-electron chi connectivity index (χ3n) is 6.76. The van der Waals surface area contributed by atoms with Crippen molar-refractivity contribution in [2.24, 2.45) is 13.0 Å². The van der Waals surface area contributed by atoms with Crippen molar-refractivity contribution in [1.82, 2.24) is 14.8 Å². The molecule has 2 saturated carbocycles. The Kier molecular flexibility index (Phi) is 5.04. The van der Waals surface area contributed by atoms with Gasteiger partial charge in [-0.15, -0.1) is 0 Å². The number of nitrogens with zero attached hydrogens (tertiary/aromatic N) is 2. The summed E-state index contributed by atoms with van der Waals surface area (Å²) in [6.07, 6.45) is 7.65. The Morgan fingerprint density at radius 1 is 1.25 bits per heavy atom. The molecule has 1 aromatic heterocycles. The van der Waals surface area contributed by atoms with Gasteiger partial charge in [0.15, 0.2) is 0 Å². The summed E-state index contributed by atoms with van der Waals surface area (Å²) in [5.74, 6) is -0.308. The van der Waals surface area contributed by atoms with Crippen LogP contribution in [-0.4, -0.2) is 58.4 Å². The molecule has 2 heterocycles. The number of fused-ring (bicyclic) bond motifs is 1. The summed E-state index contributed by atoms with van der Waals surface area (Å²) in [5, 5.41) is 3.15. The van der Waals surface area contributed by atoms with Crippen LogP contribution < -0.4 is 5.32 Å². The first-order valence-electron chi connectivity index (χ1n) is 10.2. The minimum Gasteiger partial charge on any atom is -0.376 e. The Hall–Kier alpha value is -2.15. The van der Waals surface area contributed by atoms with Crippen molar-refractivity contribution in [3.63, 3.8) is 0 Å². The molecule has 0 unspecified atom stereocenters. The normalized spacial score (nSPS) is 29.4. The summed E-state index contributed by atoms with van der Waals surface area (Å²) < 4.78 is 7.55. The molecule has 0 spiro atoms. The molecule has 28 heavy (non-hydrogen) atoms. The van der Waals surface area contributed by atoms with Crippen molar-refractivity contribution in [1.29, 1.82) is 0 Å². The lowest BCUT2D eigenvalue weighted by molar-refractivity contribution is -0.133. The second-order valence-electron chi connectivity index (χ2n) is 8.55. The van der Waals surface area contributed by atoms with Crippen LogP contribution in [0.2, 0.25) is 0 Å². The SMILES string of the molecule is CO[C@@]12CC[C@@H](NC(=O)CC3CC3)C[C@@H]1N(C(=O)C(=O)c1cccn1C)CC2. The van der Waals surface area contributed by atoms with E-state index >= 15 is 0 Å². The average Bonchev–Trinajstić information content (AvgIpc) is 3.25. The van der Waals surface area contributed by atoms with Gasteiger partial charge < -0.3 is 19.5 Å². The van der Waals surface area contributed by atoms with E-state index in [4.69, 9.17) is 4.74 Å². The van der Waals surface area contributed by atoms with E-state index in [0.717, 1.165) is 32.1 Å². The molecule has 1 saturated heterocycles. The summed E-state index contributed by atoms with van der Waals surface area (Å²) in [7, 11) is 3.45. The van der Waals surface area contributed by atoms with E-state index in [0.29, 0.717) is 31.0 Å². The van der Waals surface area contributed by atoms with Gasteiger partial charge in [-0.05, 0) is 56.6 Å². The molecule has 7 heteroatoms. The zero-order valence-electron chi connectivity index (χ0n) is 16.6. The fraction of sp³-hybridized carbons (Fsp3) is 0.667. The number of Topliss-reactive ketones (excluding diaryl/α,β-unsaturated/α-hetero) is 1. The van der Waals surface area contributed by atoms with Crippen LogP contribution in [0.5, 0.6) is 0 Å². The van der Waals surface area contributed by atoms with Crippen LogP contribution in [0.15, 0.2) is 18.3 Å². The van der Waals surface area contributed by atoms with E-state index in [1.165, 1.54) is 0 Å². The van der Waals surface area contributed by atoms with Crippen molar-refractivity contribution >= 4 is 17.6 Å². The number of likely N-dealkylation sites (tertiary alicyclic amines) is 1. The molecule has 0 bridgehead atoms. The largest absolute Gasteiger partial charge is 0.376 e. The van der Waals surface area contributed by atoms with Gasteiger partial charge >= 0.3 is 0 Å². The van der Waals surface area contributed by atoms with Gasteiger partial charge in [0, 0.05) is 39.4 Å². The first-order valence-corrected chi connectivity index (χ1v) is 10.2. The molecule has 3 fully saturated rings. The van der Waals surface area contributed by atoms with Gasteiger partial charge in [-0.2, -0.15) is 0 Å². The van der Waals surface area contributed by atoms with Gasteiger partial charge in [0.2, 0.25) is 5.91 Å². The van der Waals surface area contributed by atoms with Crippen molar-refractivity contribution in [3.05, 3.63) is 24.0 Å². The lowest BCUT2D eigenvalue weighted by Crippen LogP contribution is -2.56. The first-order chi connectivity index (χ1) is 13.4. The highest BCUT2D eigenvalue weighted by molar-refractivity contribution is 6.42. The van der Waals surface area contributed by atoms with Gasteiger partial charge in [-0.3, -0.25) is 14.4 Å². The Balaban J connectivity index is 1.47. The van der Waals surface area contributed by atoms with Crippen LogP contribution in [0.4, 0.5) is 0 Å². The number of amides is 2. The van der Waals surface area contributed by atoms with Crippen LogP contribution in [0.25, 0.3) is 0 Å². The fourth-order valence-electron chi connectivity index (χ4n) is 4.88. The van der Waals surface area contributed by atoms with Crippen molar-refractivity contribution in [2.45, 2.75) is 62.6 Å². The second kappa shape index (κ2) is 7.35. The van der Waals surface area contributed by atoms with Crippen molar-refractivity contribution < 1.29 is 19.1 Å². The standard InChI is InChI=1S/C21H29N3O4/c1-23-10-3-4-16(23)19(26)20(27)24-11-9-21(28-2)8-7-15(13-17(21)24)22-18(25)12-14-5-6-14/h3-4,10,14-15,17H,5-9,11-13H2,1-2H3,(H,22,25)/t15-,17+,21-/m1/s1. The molecule has 3 aliphatic rings. The summed E-state index contributed by atoms with van der Waals surface area (Å²) in [6, 6.07) is 3.27. The quantitative estimate of drug-likeness (QED) is 0.595. The molecule has 1 aliphatic heterocycles. The summed E-state index contributed by atoms with van der Waals surface area (Å²) in [5.41, 5.74) is -0.0213. The molecule has 0 aromatic carbocycles.